The third kappa shape index (κ3) is 16.6. The number of rotatable bonds is 16. The second kappa shape index (κ2) is 29.3. The van der Waals surface area contributed by atoms with Crippen molar-refractivity contribution in [3.8, 4) is 0 Å². The van der Waals surface area contributed by atoms with Gasteiger partial charge in [-0.3, -0.25) is 24.1 Å². The predicted molar refractivity (Wildman–Crippen MR) is 332 cm³/mol. The molecule has 4 aromatic heterocycles. The summed E-state index contributed by atoms with van der Waals surface area (Å²) in [5.74, 6) is 0. The van der Waals surface area contributed by atoms with Crippen LogP contribution in [0.5, 0.6) is 0 Å². The molecule has 4 aromatic carbocycles. The monoisotopic (exact) mass is 1090 g/mol. The molecule has 4 N–H and O–H groups in total. The Labute approximate surface area is 470 Å². The topological polar surface area (TPSA) is 158 Å². The number of likely N-dealkylation sites (N-methyl/N-ethyl adjacent to an activating group) is 1. The lowest BCUT2D eigenvalue weighted by molar-refractivity contribution is 0.0398. The van der Waals surface area contributed by atoms with Gasteiger partial charge in [-0.1, -0.05) is 6.42 Å². The van der Waals surface area contributed by atoms with Crippen molar-refractivity contribution in [3.05, 3.63) is 163 Å². The number of fused-ring (bicyclic) bond motifs is 4. The molecule has 80 heavy (non-hydrogen) atoms. The molecule has 3 aliphatic heterocycles. The highest BCUT2D eigenvalue weighted by Crippen LogP contribution is 2.20. The van der Waals surface area contributed by atoms with Crippen LogP contribution in [0.15, 0.2) is 141 Å². The number of aryl methyl sites for hydroxylation is 4. The number of morpholine rings is 1. The molecule has 3 fully saturated rings. The van der Waals surface area contributed by atoms with Gasteiger partial charge in [0.1, 0.15) is 0 Å². The van der Waals surface area contributed by atoms with E-state index < -0.39 is 0 Å². The van der Waals surface area contributed by atoms with Crippen LogP contribution in [0.25, 0.3) is 43.1 Å². The van der Waals surface area contributed by atoms with Crippen LogP contribution >= 0.6 is 0 Å². The fourth-order valence-electron chi connectivity index (χ4n) is 10.3. The zero-order chi connectivity index (χ0) is 56.4. The number of anilines is 4. The molecule has 0 aliphatic carbocycles. The Kier molecular flexibility index (Phi) is 21.5. The van der Waals surface area contributed by atoms with Crippen molar-refractivity contribution in [2.24, 2.45) is 28.2 Å². The normalized spacial score (nSPS) is 15.0. The van der Waals surface area contributed by atoms with E-state index in [1.165, 1.54) is 58.3 Å². The summed E-state index contributed by atoms with van der Waals surface area (Å²) in [5, 5.41) is 20.7. The van der Waals surface area contributed by atoms with Crippen molar-refractivity contribution < 1.29 is 4.74 Å². The summed E-state index contributed by atoms with van der Waals surface area (Å²) in [5.41, 5.74) is 4.51. The summed E-state index contributed by atoms with van der Waals surface area (Å²) >= 11 is 0. The molecule has 3 saturated heterocycles. The minimum Gasteiger partial charge on any atom is -0.384 e. The number of nitrogens with zero attached hydrogens (tertiary/aromatic N) is 8. The molecule has 0 atom stereocenters. The van der Waals surface area contributed by atoms with Gasteiger partial charge in [-0.05, 0) is 185 Å². The van der Waals surface area contributed by atoms with Gasteiger partial charge >= 0.3 is 0 Å². The van der Waals surface area contributed by atoms with Gasteiger partial charge in [0, 0.05) is 163 Å². The van der Waals surface area contributed by atoms with E-state index in [1.807, 2.05) is 118 Å². The zero-order valence-corrected chi connectivity index (χ0v) is 48.0. The number of aromatic nitrogens is 4. The first-order valence-corrected chi connectivity index (χ1v) is 28.5. The van der Waals surface area contributed by atoms with Crippen molar-refractivity contribution in [1.29, 1.82) is 0 Å². The maximum Gasteiger partial charge on any atom is 0.258 e. The van der Waals surface area contributed by atoms with E-state index >= 15 is 0 Å². The molecular weight excluding hydrogens is 1000 g/mol. The Hall–Kier alpha value is -7.28. The molecule has 8 aromatic rings. The van der Waals surface area contributed by atoms with Crippen molar-refractivity contribution in [1.82, 2.24) is 37.9 Å². The number of nitrogens with one attached hydrogen (secondary N) is 4. The van der Waals surface area contributed by atoms with Gasteiger partial charge in [0.15, 0.2) is 0 Å². The van der Waals surface area contributed by atoms with Gasteiger partial charge in [-0.15, -0.1) is 0 Å². The minimum atomic E-state index is 0.0485. The van der Waals surface area contributed by atoms with Gasteiger partial charge in [0.25, 0.3) is 22.2 Å². The summed E-state index contributed by atoms with van der Waals surface area (Å²) in [6, 6.07) is 31.6. The van der Waals surface area contributed by atoms with Gasteiger partial charge in [0.2, 0.25) is 0 Å². The second-order valence-corrected chi connectivity index (χ2v) is 21.6. The van der Waals surface area contributed by atoms with E-state index in [0.29, 0.717) is 0 Å². The Morgan fingerprint density at radius 3 is 0.988 bits per heavy atom. The maximum absolute atomic E-state index is 12.0. The second-order valence-electron chi connectivity index (χ2n) is 21.6. The van der Waals surface area contributed by atoms with Crippen molar-refractivity contribution in [3.63, 3.8) is 0 Å². The largest absolute Gasteiger partial charge is 0.384 e. The number of hydrogen-bond donors (Lipinski definition) is 4. The van der Waals surface area contributed by atoms with E-state index in [0.717, 1.165) is 145 Å². The summed E-state index contributed by atoms with van der Waals surface area (Å²) in [6.07, 6.45) is 14.0. The van der Waals surface area contributed by atoms with E-state index in [-0.39, 0.29) is 22.2 Å². The Morgan fingerprint density at radius 1 is 0.388 bits per heavy atom. The van der Waals surface area contributed by atoms with Crippen LogP contribution in [0.2, 0.25) is 0 Å². The Balaban J connectivity index is 0.000000140. The molecule has 0 spiro atoms. The van der Waals surface area contributed by atoms with Gasteiger partial charge in [0.05, 0.1) is 13.2 Å². The lowest BCUT2D eigenvalue weighted by Gasteiger charge is -2.26. The SMILES string of the molecule is CN(C)CCNc1ccc2c(=O)n(C)ccc2c1.Cn1ccc2cc(NCCN3CCCC3)ccc2c1=O.Cn1ccc2cc(NCCN3CCCCC3)ccc2c1=O.Cn1ccc2cc(NCCN3CCOCC3)ccc2c1=O. The van der Waals surface area contributed by atoms with E-state index in [2.05, 4.69) is 53.0 Å². The maximum atomic E-state index is 12.0. The highest BCUT2D eigenvalue weighted by atomic mass is 16.5. The number of pyridine rings is 4. The van der Waals surface area contributed by atoms with Crippen LogP contribution in [-0.2, 0) is 32.9 Å². The van der Waals surface area contributed by atoms with Crippen LogP contribution in [-0.4, -0.2) is 157 Å². The van der Waals surface area contributed by atoms with Crippen molar-refractivity contribution in [2.75, 3.05) is 140 Å². The van der Waals surface area contributed by atoms with Crippen molar-refractivity contribution in [2.45, 2.75) is 32.1 Å². The molecular formula is C63H84N12O5. The lowest BCUT2D eigenvalue weighted by Crippen LogP contribution is -2.39. The van der Waals surface area contributed by atoms with E-state index in [1.54, 1.807) is 52.7 Å². The molecule has 17 heteroatoms. The van der Waals surface area contributed by atoms with Gasteiger partial charge in [-0.25, -0.2) is 0 Å². The first-order chi connectivity index (χ1) is 38.8. The smallest absolute Gasteiger partial charge is 0.258 e. The molecule has 0 saturated carbocycles. The molecule has 0 bridgehead atoms. The molecule has 3 aliphatic rings. The predicted octanol–water partition coefficient (Wildman–Crippen LogP) is 7.28. The average molecular weight is 1090 g/mol. The van der Waals surface area contributed by atoms with E-state index in [4.69, 9.17) is 4.74 Å². The zero-order valence-electron chi connectivity index (χ0n) is 48.0. The number of likely N-dealkylation sites (tertiary alicyclic amines) is 2. The fraction of sp³-hybridized carbons (Fsp3) is 0.429. The van der Waals surface area contributed by atoms with Gasteiger partial charge in [-0.2, -0.15) is 0 Å². The van der Waals surface area contributed by atoms with Gasteiger partial charge < -0.3 is 59.0 Å². The molecule has 0 radical (unpaired) electrons. The highest BCUT2D eigenvalue weighted by Gasteiger charge is 2.13. The van der Waals surface area contributed by atoms with Crippen LogP contribution in [0.4, 0.5) is 22.7 Å². The number of hydrogen-bond acceptors (Lipinski definition) is 13. The summed E-state index contributed by atoms with van der Waals surface area (Å²) in [4.78, 5) is 57.4. The average Bonchev–Trinajstić information content (AvgIpc) is 4.00. The van der Waals surface area contributed by atoms with Crippen LogP contribution in [0, 0.1) is 0 Å². The van der Waals surface area contributed by atoms with E-state index in [9.17, 15) is 19.2 Å². The lowest BCUT2D eigenvalue weighted by atomic mass is 10.1. The molecule has 17 nitrogen and oxygen atoms in total. The Morgan fingerprint density at radius 2 is 0.675 bits per heavy atom. The number of piperidine rings is 1. The van der Waals surface area contributed by atoms with Crippen LogP contribution < -0.4 is 43.5 Å². The number of ether oxygens (including phenoxy) is 1. The highest BCUT2D eigenvalue weighted by molar-refractivity contribution is 5.87. The Bertz CT molecular complexity index is 3410. The quantitative estimate of drug-likeness (QED) is 0.0767. The van der Waals surface area contributed by atoms with Crippen molar-refractivity contribution >= 4 is 65.8 Å². The van der Waals surface area contributed by atoms with Crippen LogP contribution in [0.1, 0.15) is 32.1 Å². The minimum absolute atomic E-state index is 0.0485. The van der Waals surface area contributed by atoms with Crippen LogP contribution in [0.3, 0.4) is 0 Å². The third-order valence-electron chi connectivity index (χ3n) is 15.2. The standard InChI is InChI=1S/C17H23N3O.C16H21N3O2.C16H21N3O.C14H19N3O/c1-19-11-7-14-13-15(5-6-16(14)17(19)21)18-8-12-20-9-3-2-4-10-20;1-18-6-4-13-12-14(2-3-15(13)16(18)20)17-5-7-19-8-10-21-11-9-19;1-18-10-6-13-12-14(4-5-15(13)16(18)20)17-7-11-19-8-2-3-9-19;1-16(2)9-7-15-12-4-5-13-11(10-12)6-8-17(3)14(13)18/h5-7,11,13,18H,2-4,8-10,12H2,1H3;2-4,6,12,17H,5,7-11H2,1H3;4-6,10,12,17H,2-3,7-9,11H2,1H3;4-6,8,10,15H,7,9H2,1-3H3. The number of benzene rings is 4. The summed E-state index contributed by atoms with van der Waals surface area (Å²) in [6.45, 7) is 16.5. The fourth-order valence-corrected chi connectivity index (χ4v) is 10.3. The third-order valence-corrected chi connectivity index (χ3v) is 15.2. The molecule has 0 amide bonds. The first-order valence-electron chi connectivity index (χ1n) is 28.5. The molecule has 0 unspecified atom stereocenters. The molecule has 11 rings (SSSR count). The summed E-state index contributed by atoms with van der Waals surface area (Å²) < 4.78 is 11.8. The molecule has 426 valence electrons. The first kappa shape index (κ1) is 58.9. The molecule has 7 heterocycles. The summed E-state index contributed by atoms with van der Waals surface area (Å²) in [7, 11) is 11.2.